The van der Waals surface area contributed by atoms with E-state index in [2.05, 4.69) is 41.1 Å². The number of hydrogen-bond donors (Lipinski definition) is 3. The monoisotopic (exact) mass is 333 g/mol. The molecule has 2 aliphatic heterocycles. The van der Waals surface area contributed by atoms with Crippen LogP contribution < -0.4 is 16.0 Å². The molecule has 2 aliphatic rings. The highest BCUT2D eigenvalue weighted by Gasteiger charge is 2.14. The summed E-state index contributed by atoms with van der Waals surface area (Å²) in [6.45, 7) is 5.80. The molecule has 0 aliphatic carbocycles. The van der Waals surface area contributed by atoms with Gasteiger partial charge in [0.05, 0.1) is 0 Å². The fourth-order valence-corrected chi connectivity index (χ4v) is 3.61. The summed E-state index contributed by atoms with van der Waals surface area (Å²) in [6.07, 6.45) is 3.30. The van der Waals surface area contributed by atoms with E-state index in [1.54, 1.807) is 0 Å². The number of nitrogens with one attached hydrogen (secondary N) is 3. The first-order valence-corrected chi connectivity index (χ1v) is 8.85. The van der Waals surface area contributed by atoms with Gasteiger partial charge < -0.3 is 16.0 Å². The Morgan fingerprint density at radius 3 is 2.72 bits per heavy atom. The quantitative estimate of drug-likeness (QED) is 0.808. The molecule has 128 valence electrons. The number of benzene rings is 2. The van der Waals surface area contributed by atoms with Gasteiger partial charge in [0.25, 0.3) is 5.91 Å². The Morgan fingerprint density at radius 2 is 1.92 bits per heavy atom. The van der Waals surface area contributed by atoms with E-state index in [-0.39, 0.29) is 5.91 Å². The molecule has 25 heavy (non-hydrogen) atoms. The molecule has 0 atom stereocenters. The van der Waals surface area contributed by atoms with Crippen LogP contribution in [0.5, 0.6) is 0 Å². The van der Waals surface area contributed by atoms with Crippen LogP contribution >= 0.6 is 0 Å². The van der Waals surface area contributed by atoms with Crippen molar-refractivity contribution in [2.24, 2.45) is 0 Å². The van der Waals surface area contributed by atoms with Crippen molar-refractivity contribution in [1.82, 2.24) is 10.6 Å². The van der Waals surface area contributed by atoms with Crippen LogP contribution in [-0.2, 0) is 13.1 Å². The van der Waals surface area contributed by atoms with Crippen LogP contribution in [0, 0.1) is 6.92 Å². The number of rotatable bonds is 3. The minimum Gasteiger partial charge on any atom is -0.322 e. The van der Waals surface area contributed by atoms with Gasteiger partial charge in [0.2, 0.25) is 0 Å². The van der Waals surface area contributed by atoms with Crippen LogP contribution in [0.25, 0.3) is 5.57 Å². The highest BCUT2D eigenvalue weighted by Crippen LogP contribution is 2.26. The van der Waals surface area contributed by atoms with Crippen LogP contribution in [0.2, 0.25) is 0 Å². The van der Waals surface area contributed by atoms with Crippen molar-refractivity contribution in [2.45, 2.75) is 26.4 Å². The Labute approximate surface area is 148 Å². The van der Waals surface area contributed by atoms with E-state index in [9.17, 15) is 4.79 Å². The van der Waals surface area contributed by atoms with Crippen molar-refractivity contribution < 1.29 is 4.79 Å². The Hall–Kier alpha value is -2.43. The van der Waals surface area contributed by atoms with Gasteiger partial charge in [-0.3, -0.25) is 4.79 Å². The number of hydrogen-bond acceptors (Lipinski definition) is 3. The first kappa shape index (κ1) is 16.1. The van der Waals surface area contributed by atoms with Crippen molar-refractivity contribution in [3.8, 4) is 0 Å². The molecule has 3 N–H and O–H groups in total. The number of anilines is 1. The third kappa shape index (κ3) is 3.36. The highest BCUT2D eigenvalue weighted by molar-refractivity contribution is 6.04. The van der Waals surface area contributed by atoms with Gasteiger partial charge in [-0.05, 0) is 72.0 Å². The van der Waals surface area contributed by atoms with Gasteiger partial charge in [0.1, 0.15) is 0 Å². The fourth-order valence-electron chi connectivity index (χ4n) is 3.61. The number of fused-ring (bicyclic) bond motifs is 1. The molecule has 0 radical (unpaired) electrons. The molecule has 2 aromatic carbocycles. The Balaban J connectivity index is 1.51. The first-order valence-electron chi connectivity index (χ1n) is 8.85. The fraction of sp³-hybridized carbons (Fsp3) is 0.286. The summed E-state index contributed by atoms with van der Waals surface area (Å²) < 4.78 is 0. The maximum Gasteiger partial charge on any atom is 0.255 e. The zero-order valence-electron chi connectivity index (χ0n) is 14.5. The molecule has 0 bridgehead atoms. The van der Waals surface area contributed by atoms with Gasteiger partial charge in [-0.2, -0.15) is 0 Å². The van der Waals surface area contributed by atoms with Crippen LogP contribution in [0.4, 0.5) is 5.69 Å². The number of aryl methyl sites for hydroxylation is 1. The largest absolute Gasteiger partial charge is 0.322 e. The summed E-state index contributed by atoms with van der Waals surface area (Å²) in [5.41, 5.74) is 7.93. The zero-order valence-corrected chi connectivity index (χ0v) is 14.5. The minimum absolute atomic E-state index is 0.0528. The van der Waals surface area contributed by atoms with Crippen LogP contribution in [0.3, 0.4) is 0 Å². The molecule has 0 fully saturated rings. The second kappa shape index (κ2) is 6.82. The van der Waals surface area contributed by atoms with E-state index in [1.165, 1.54) is 27.8 Å². The van der Waals surface area contributed by atoms with Gasteiger partial charge in [-0.25, -0.2) is 0 Å². The van der Waals surface area contributed by atoms with Gasteiger partial charge in [-0.15, -0.1) is 0 Å². The summed E-state index contributed by atoms with van der Waals surface area (Å²) in [6, 6.07) is 12.1. The average molecular weight is 333 g/mol. The molecule has 1 amide bonds. The molecule has 0 spiro atoms. The summed E-state index contributed by atoms with van der Waals surface area (Å²) >= 11 is 0. The maximum absolute atomic E-state index is 12.6. The van der Waals surface area contributed by atoms with Crippen LogP contribution in [-0.4, -0.2) is 19.0 Å². The van der Waals surface area contributed by atoms with E-state index >= 15 is 0 Å². The third-order valence-electron chi connectivity index (χ3n) is 4.99. The standard InChI is InChI=1S/C21H23N3O/c1-14-10-19(4-5-20(14)15-6-8-22-9-7-15)24-21(25)16-2-3-17-12-23-13-18(17)11-16/h2-6,10-11,22-23H,7-9,12-13H2,1H3,(H,24,25). The lowest BCUT2D eigenvalue weighted by atomic mass is 9.95. The lowest BCUT2D eigenvalue weighted by Crippen LogP contribution is -2.20. The molecule has 4 heteroatoms. The molecule has 0 saturated carbocycles. The second-order valence-electron chi connectivity index (χ2n) is 6.75. The number of carbonyl (C=O) groups is 1. The number of amides is 1. The summed E-state index contributed by atoms with van der Waals surface area (Å²) in [5, 5.41) is 9.68. The highest BCUT2D eigenvalue weighted by atomic mass is 16.1. The molecule has 2 aromatic rings. The summed E-state index contributed by atoms with van der Waals surface area (Å²) in [5.74, 6) is -0.0528. The second-order valence-corrected chi connectivity index (χ2v) is 6.75. The van der Waals surface area contributed by atoms with Gasteiger partial charge in [0, 0.05) is 30.9 Å². The minimum atomic E-state index is -0.0528. The Kier molecular flexibility index (Phi) is 4.38. The van der Waals surface area contributed by atoms with Gasteiger partial charge in [0.15, 0.2) is 0 Å². The smallest absolute Gasteiger partial charge is 0.255 e. The maximum atomic E-state index is 12.6. The summed E-state index contributed by atoms with van der Waals surface area (Å²) in [7, 11) is 0. The van der Waals surface area contributed by atoms with Crippen LogP contribution in [0.1, 0.15) is 39.0 Å². The van der Waals surface area contributed by atoms with E-state index in [0.29, 0.717) is 5.56 Å². The normalized spacial score (nSPS) is 16.3. The van der Waals surface area contributed by atoms with Crippen molar-refractivity contribution in [1.29, 1.82) is 0 Å². The van der Waals surface area contributed by atoms with Crippen molar-refractivity contribution in [3.63, 3.8) is 0 Å². The molecule has 0 aromatic heterocycles. The molecular formula is C21H23N3O. The van der Waals surface area contributed by atoms with E-state index in [0.717, 1.165) is 38.3 Å². The van der Waals surface area contributed by atoms with Gasteiger partial charge >= 0.3 is 0 Å². The lowest BCUT2D eigenvalue weighted by molar-refractivity contribution is 0.102. The Bertz CT molecular complexity index is 854. The van der Waals surface area contributed by atoms with Gasteiger partial charge in [-0.1, -0.05) is 18.2 Å². The van der Waals surface area contributed by atoms with Crippen molar-refractivity contribution in [2.75, 3.05) is 18.4 Å². The topological polar surface area (TPSA) is 53.2 Å². The van der Waals surface area contributed by atoms with E-state index in [1.807, 2.05) is 24.3 Å². The molecule has 0 unspecified atom stereocenters. The SMILES string of the molecule is Cc1cc(NC(=O)c2ccc3c(c2)CNC3)ccc1C1=CCNCC1. The number of carbonyl (C=O) groups excluding carboxylic acids is 1. The predicted octanol–water partition coefficient (Wildman–Crippen LogP) is 3.23. The lowest BCUT2D eigenvalue weighted by Gasteiger charge is -2.17. The van der Waals surface area contributed by atoms with E-state index < -0.39 is 0 Å². The molecular weight excluding hydrogens is 310 g/mol. The molecule has 0 saturated heterocycles. The average Bonchev–Trinajstić information content (AvgIpc) is 3.10. The Morgan fingerprint density at radius 1 is 1.04 bits per heavy atom. The van der Waals surface area contributed by atoms with Crippen molar-refractivity contribution in [3.05, 3.63) is 70.3 Å². The van der Waals surface area contributed by atoms with Crippen molar-refractivity contribution >= 4 is 17.2 Å². The molecule has 4 nitrogen and oxygen atoms in total. The molecule has 2 heterocycles. The first-order chi connectivity index (χ1) is 12.2. The third-order valence-corrected chi connectivity index (χ3v) is 4.99. The predicted molar refractivity (Wildman–Crippen MR) is 102 cm³/mol. The van der Waals surface area contributed by atoms with E-state index in [4.69, 9.17) is 0 Å². The molecule has 4 rings (SSSR count). The zero-order chi connectivity index (χ0) is 17.2. The van der Waals surface area contributed by atoms with Crippen LogP contribution in [0.15, 0.2) is 42.5 Å². The summed E-state index contributed by atoms with van der Waals surface area (Å²) in [4.78, 5) is 12.6.